The Balaban J connectivity index is 2.47. The van der Waals surface area contributed by atoms with Gasteiger partial charge in [0, 0.05) is 12.3 Å². The molecule has 1 aliphatic carbocycles. The van der Waals surface area contributed by atoms with Crippen LogP contribution in [-0.4, -0.2) is 12.0 Å². The van der Waals surface area contributed by atoms with Gasteiger partial charge in [0.15, 0.2) is 0 Å². The van der Waals surface area contributed by atoms with Crippen LogP contribution in [0.15, 0.2) is 0 Å². The Hall–Kier alpha value is -0.540. The highest BCUT2D eigenvalue weighted by Crippen LogP contribution is 2.42. The molecule has 1 rings (SSSR count). The lowest BCUT2D eigenvalue weighted by atomic mass is 9.75. The van der Waals surface area contributed by atoms with Gasteiger partial charge in [-0.2, -0.15) is 13.2 Å². The first-order valence-electron chi connectivity index (χ1n) is 7.06. The van der Waals surface area contributed by atoms with Crippen LogP contribution in [0.25, 0.3) is 0 Å². The maximum Gasteiger partial charge on any atom is 0.392 e. The summed E-state index contributed by atoms with van der Waals surface area (Å²) in [7, 11) is 0. The van der Waals surface area contributed by atoms with Crippen LogP contribution in [-0.2, 0) is 4.79 Å². The summed E-state index contributed by atoms with van der Waals surface area (Å²) < 4.78 is 38.5. The molecule has 2 atom stereocenters. The third kappa shape index (κ3) is 4.62. The van der Waals surface area contributed by atoms with E-state index < -0.39 is 18.0 Å². The largest absolute Gasteiger partial charge is 0.392 e. The molecule has 0 aromatic rings. The Bertz CT molecular complexity index is 260. The number of carbonyl (C=O) groups is 1. The number of hydrogen-bond donors (Lipinski definition) is 0. The van der Waals surface area contributed by atoms with E-state index in [0.29, 0.717) is 19.3 Å². The molecule has 1 aliphatic rings. The minimum absolute atomic E-state index is 0.134. The van der Waals surface area contributed by atoms with Crippen molar-refractivity contribution < 1.29 is 18.0 Å². The first kappa shape index (κ1) is 15.5. The number of rotatable bonds is 6. The number of halogens is 3. The molecular formula is C14H23F3O. The van der Waals surface area contributed by atoms with Crippen molar-refractivity contribution in [2.75, 3.05) is 0 Å². The summed E-state index contributed by atoms with van der Waals surface area (Å²) in [6, 6.07) is 0. The second kappa shape index (κ2) is 7.15. The molecule has 0 amide bonds. The van der Waals surface area contributed by atoms with Gasteiger partial charge in [-0.05, 0) is 19.3 Å². The highest BCUT2D eigenvalue weighted by atomic mass is 19.4. The van der Waals surface area contributed by atoms with Crippen molar-refractivity contribution in [2.45, 2.75) is 70.9 Å². The molecule has 0 saturated heterocycles. The van der Waals surface area contributed by atoms with Gasteiger partial charge in [-0.15, -0.1) is 0 Å². The molecule has 0 N–H and O–H groups in total. The summed E-state index contributed by atoms with van der Waals surface area (Å²) in [6.07, 6.45) is 1.87. The molecule has 2 unspecified atom stereocenters. The summed E-state index contributed by atoms with van der Waals surface area (Å²) in [4.78, 5) is 11.9. The van der Waals surface area contributed by atoms with Gasteiger partial charge in [0.2, 0.25) is 0 Å². The van der Waals surface area contributed by atoms with Crippen LogP contribution >= 0.6 is 0 Å². The number of alkyl halides is 3. The van der Waals surface area contributed by atoms with Gasteiger partial charge in [0.1, 0.15) is 5.78 Å². The molecule has 0 spiro atoms. The van der Waals surface area contributed by atoms with Crippen LogP contribution in [0, 0.1) is 11.8 Å². The number of carbonyl (C=O) groups excluding carboxylic acids is 1. The fraction of sp³-hybridized carbons (Fsp3) is 0.929. The molecule has 0 aromatic heterocycles. The Kier molecular flexibility index (Phi) is 6.16. The minimum Gasteiger partial charge on any atom is -0.299 e. The van der Waals surface area contributed by atoms with Crippen LogP contribution in [0.4, 0.5) is 13.2 Å². The molecule has 18 heavy (non-hydrogen) atoms. The van der Waals surface area contributed by atoms with Crippen molar-refractivity contribution in [2.24, 2.45) is 11.8 Å². The zero-order valence-corrected chi connectivity index (χ0v) is 11.1. The lowest BCUT2D eigenvalue weighted by Gasteiger charge is -2.32. The number of unbranched alkanes of at least 4 members (excludes halogenated alkanes) is 3. The van der Waals surface area contributed by atoms with Crippen LogP contribution in [0.1, 0.15) is 64.7 Å². The SMILES string of the molecule is CCCCCCC(=O)C1CCCCC1C(F)(F)F. The second-order valence-corrected chi connectivity index (χ2v) is 5.32. The molecule has 0 heterocycles. The van der Waals surface area contributed by atoms with E-state index >= 15 is 0 Å². The molecule has 0 aromatic carbocycles. The van der Waals surface area contributed by atoms with Crippen molar-refractivity contribution in [3.63, 3.8) is 0 Å². The maximum absolute atomic E-state index is 12.8. The number of ketones is 1. The average Bonchev–Trinajstić information content (AvgIpc) is 2.33. The van der Waals surface area contributed by atoms with E-state index in [-0.39, 0.29) is 12.2 Å². The van der Waals surface area contributed by atoms with Crippen molar-refractivity contribution in [3.8, 4) is 0 Å². The van der Waals surface area contributed by atoms with E-state index in [1.165, 1.54) is 0 Å². The predicted molar refractivity (Wildman–Crippen MR) is 65.3 cm³/mol. The van der Waals surface area contributed by atoms with E-state index in [1.807, 2.05) is 0 Å². The van der Waals surface area contributed by atoms with Crippen molar-refractivity contribution >= 4 is 5.78 Å². The fourth-order valence-corrected chi connectivity index (χ4v) is 2.82. The lowest BCUT2D eigenvalue weighted by Crippen LogP contribution is -2.37. The summed E-state index contributed by atoms with van der Waals surface area (Å²) in [5.74, 6) is -2.31. The second-order valence-electron chi connectivity index (χ2n) is 5.32. The molecule has 106 valence electrons. The third-order valence-electron chi connectivity index (χ3n) is 3.88. The molecular weight excluding hydrogens is 241 g/mol. The van der Waals surface area contributed by atoms with E-state index in [1.54, 1.807) is 0 Å². The number of Topliss-reactive ketones (excluding diaryl/α,β-unsaturated/α-hetero) is 1. The Labute approximate surface area is 107 Å². The Morgan fingerprint density at radius 2 is 1.78 bits per heavy atom. The highest BCUT2D eigenvalue weighted by molar-refractivity contribution is 5.81. The predicted octanol–water partition coefficient (Wildman–Crippen LogP) is 4.89. The van der Waals surface area contributed by atoms with Gasteiger partial charge in [0.25, 0.3) is 0 Å². The summed E-state index contributed by atoms with van der Waals surface area (Å²) in [5, 5.41) is 0. The van der Waals surface area contributed by atoms with Gasteiger partial charge in [0.05, 0.1) is 5.92 Å². The highest BCUT2D eigenvalue weighted by Gasteiger charge is 2.47. The lowest BCUT2D eigenvalue weighted by molar-refractivity contribution is -0.197. The molecule has 1 nitrogen and oxygen atoms in total. The van der Waals surface area contributed by atoms with Crippen LogP contribution in [0.5, 0.6) is 0 Å². The summed E-state index contributed by atoms with van der Waals surface area (Å²) >= 11 is 0. The van der Waals surface area contributed by atoms with Crippen LogP contribution in [0.2, 0.25) is 0 Å². The first-order valence-corrected chi connectivity index (χ1v) is 7.06. The Morgan fingerprint density at radius 3 is 2.39 bits per heavy atom. The van der Waals surface area contributed by atoms with Crippen LogP contribution in [0.3, 0.4) is 0 Å². The van der Waals surface area contributed by atoms with Gasteiger partial charge in [-0.3, -0.25) is 4.79 Å². The summed E-state index contributed by atoms with van der Waals surface area (Å²) in [6.45, 7) is 2.07. The van der Waals surface area contributed by atoms with E-state index in [4.69, 9.17) is 0 Å². The zero-order chi connectivity index (χ0) is 13.6. The van der Waals surface area contributed by atoms with Gasteiger partial charge in [-0.1, -0.05) is 39.0 Å². The molecule has 0 bridgehead atoms. The standard InChI is InChI=1S/C14H23F3O/c1-2-3-4-5-10-13(18)11-8-6-7-9-12(11)14(15,16)17/h11-12H,2-10H2,1H3. The van der Waals surface area contributed by atoms with Crippen molar-refractivity contribution in [1.29, 1.82) is 0 Å². The molecule has 4 heteroatoms. The van der Waals surface area contributed by atoms with E-state index in [9.17, 15) is 18.0 Å². The normalized spacial score (nSPS) is 25.1. The smallest absolute Gasteiger partial charge is 0.299 e. The van der Waals surface area contributed by atoms with Gasteiger partial charge >= 0.3 is 6.18 Å². The third-order valence-corrected chi connectivity index (χ3v) is 3.88. The van der Waals surface area contributed by atoms with Gasteiger partial charge in [-0.25, -0.2) is 0 Å². The zero-order valence-electron chi connectivity index (χ0n) is 11.1. The molecule has 1 fully saturated rings. The number of hydrogen-bond acceptors (Lipinski definition) is 1. The fourth-order valence-electron chi connectivity index (χ4n) is 2.82. The van der Waals surface area contributed by atoms with E-state index in [2.05, 4.69) is 6.92 Å². The maximum atomic E-state index is 12.8. The van der Waals surface area contributed by atoms with E-state index in [0.717, 1.165) is 32.1 Å². The molecule has 0 aliphatic heterocycles. The molecule has 1 saturated carbocycles. The van der Waals surface area contributed by atoms with Crippen molar-refractivity contribution in [3.05, 3.63) is 0 Å². The topological polar surface area (TPSA) is 17.1 Å². The quantitative estimate of drug-likeness (QED) is 0.624. The summed E-state index contributed by atoms with van der Waals surface area (Å²) in [5.41, 5.74) is 0. The Morgan fingerprint density at radius 1 is 1.11 bits per heavy atom. The monoisotopic (exact) mass is 264 g/mol. The minimum atomic E-state index is -4.20. The van der Waals surface area contributed by atoms with Gasteiger partial charge < -0.3 is 0 Å². The van der Waals surface area contributed by atoms with Crippen LogP contribution < -0.4 is 0 Å². The van der Waals surface area contributed by atoms with Crippen molar-refractivity contribution in [1.82, 2.24) is 0 Å². The average molecular weight is 264 g/mol. The first-order chi connectivity index (χ1) is 8.46. The molecule has 0 radical (unpaired) electrons.